The first-order valence-electron chi connectivity index (χ1n) is 7.54. The molecule has 0 aliphatic rings. The topological polar surface area (TPSA) is 72.7 Å². The van der Waals surface area contributed by atoms with Crippen LogP contribution in [0.2, 0.25) is 0 Å². The maximum absolute atomic E-state index is 12.2. The summed E-state index contributed by atoms with van der Waals surface area (Å²) in [6, 6.07) is 1.76. The number of carbonyl (C=O) groups is 1. The lowest BCUT2D eigenvalue weighted by atomic mass is 10.2. The number of nitrogens with zero attached hydrogens (tertiary/aromatic N) is 4. The Morgan fingerprint density at radius 1 is 1.39 bits per heavy atom. The zero-order valence-electron chi connectivity index (χ0n) is 13.4. The number of thiazole rings is 1. The van der Waals surface area contributed by atoms with Crippen molar-refractivity contribution in [2.24, 2.45) is 7.05 Å². The summed E-state index contributed by atoms with van der Waals surface area (Å²) in [4.78, 5) is 25.3. The van der Waals surface area contributed by atoms with E-state index in [1.54, 1.807) is 29.9 Å². The molecular formula is C16H19N5OS. The number of aromatic nitrogens is 4. The lowest BCUT2D eigenvalue weighted by Crippen LogP contribution is -2.25. The lowest BCUT2D eigenvalue weighted by Gasteiger charge is -2.04. The number of rotatable bonds is 5. The van der Waals surface area contributed by atoms with E-state index in [-0.39, 0.29) is 5.91 Å². The number of carbonyl (C=O) groups excluding carboxylic acids is 1. The SMILES string of the molecule is CC(C)c1nc(CCNC(=O)c2cnc3c(c2)ncn3C)cs1. The van der Waals surface area contributed by atoms with Gasteiger partial charge in [-0.25, -0.2) is 15.0 Å². The minimum atomic E-state index is -0.135. The summed E-state index contributed by atoms with van der Waals surface area (Å²) in [5.41, 5.74) is 3.04. The van der Waals surface area contributed by atoms with Gasteiger partial charge >= 0.3 is 0 Å². The summed E-state index contributed by atoms with van der Waals surface area (Å²) < 4.78 is 1.82. The molecule has 3 aromatic heterocycles. The Bertz CT molecular complexity index is 836. The van der Waals surface area contributed by atoms with E-state index in [4.69, 9.17) is 0 Å². The van der Waals surface area contributed by atoms with Crippen LogP contribution in [0.15, 0.2) is 24.0 Å². The Morgan fingerprint density at radius 2 is 2.22 bits per heavy atom. The van der Waals surface area contributed by atoms with Gasteiger partial charge in [0.25, 0.3) is 5.91 Å². The standard InChI is InChI=1S/C16H19N5OS/c1-10(2)16-20-12(8-23-16)4-5-17-15(22)11-6-13-14(18-7-11)21(3)9-19-13/h6-10H,4-5H2,1-3H3,(H,17,22). The normalized spacial score (nSPS) is 11.3. The molecule has 0 atom stereocenters. The molecule has 0 saturated carbocycles. The van der Waals surface area contributed by atoms with Crippen molar-refractivity contribution < 1.29 is 4.79 Å². The predicted molar refractivity (Wildman–Crippen MR) is 90.7 cm³/mol. The molecule has 0 aliphatic heterocycles. The van der Waals surface area contributed by atoms with Gasteiger partial charge < -0.3 is 9.88 Å². The highest BCUT2D eigenvalue weighted by molar-refractivity contribution is 7.09. The van der Waals surface area contributed by atoms with Gasteiger partial charge in [-0.05, 0) is 6.07 Å². The largest absolute Gasteiger partial charge is 0.352 e. The second kappa shape index (κ2) is 6.45. The summed E-state index contributed by atoms with van der Waals surface area (Å²) in [5.74, 6) is 0.309. The predicted octanol–water partition coefficient (Wildman–Crippen LogP) is 2.52. The molecule has 0 aromatic carbocycles. The Labute approximate surface area is 138 Å². The third-order valence-corrected chi connectivity index (χ3v) is 4.74. The Hall–Kier alpha value is -2.28. The summed E-state index contributed by atoms with van der Waals surface area (Å²) in [5, 5.41) is 6.10. The quantitative estimate of drug-likeness (QED) is 0.780. The van der Waals surface area contributed by atoms with Crippen LogP contribution in [0.4, 0.5) is 0 Å². The van der Waals surface area contributed by atoms with Crippen molar-refractivity contribution in [3.05, 3.63) is 40.2 Å². The van der Waals surface area contributed by atoms with Crippen molar-refractivity contribution in [1.82, 2.24) is 24.8 Å². The van der Waals surface area contributed by atoms with Crippen molar-refractivity contribution in [2.75, 3.05) is 6.54 Å². The number of aryl methyl sites for hydroxylation is 1. The number of nitrogens with one attached hydrogen (secondary N) is 1. The Balaban J connectivity index is 1.59. The average Bonchev–Trinajstić information content (AvgIpc) is 3.14. The summed E-state index contributed by atoms with van der Waals surface area (Å²) in [6.45, 7) is 4.82. The van der Waals surface area contributed by atoms with Gasteiger partial charge in [0.15, 0.2) is 5.65 Å². The minimum absolute atomic E-state index is 0.135. The van der Waals surface area contributed by atoms with Crippen molar-refractivity contribution in [1.29, 1.82) is 0 Å². The molecular weight excluding hydrogens is 310 g/mol. The molecule has 0 saturated heterocycles. The van der Waals surface area contributed by atoms with Crippen LogP contribution < -0.4 is 5.32 Å². The maximum Gasteiger partial charge on any atom is 0.252 e. The monoisotopic (exact) mass is 329 g/mol. The van der Waals surface area contributed by atoms with E-state index in [0.29, 0.717) is 18.0 Å². The van der Waals surface area contributed by atoms with E-state index in [1.165, 1.54) is 0 Å². The molecule has 120 valence electrons. The molecule has 0 radical (unpaired) electrons. The van der Waals surface area contributed by atoms with Gasteiger partial charge in [0.1, 0.15) is 5.52 Å². The summed E-state index contributed by atoms with van der Waals surface area (Å²) >= 11 is 1.67. The van der Waals surface area contributed by atoms with Crippen LogP contribution in [0, 0.1) is 0 Å². The van der Waals surface area contributed by atoms with Crippen molar-refractivity contribution in [3.8, 4) is 0 Å². The smallest absolute Gasteiger partial charge is 0.252 e. The fraction of sp³-hybridized carbons (Fsp3) is 0.375. The highest BCUT2D eigenvalue weighted by atomic mass is 32.1. The molecule has 1 N–H and O–H groups in total. The average molecular weight is 329 g/mol. The second-order valence-corrected chi connectivity index (χ2v) is 6.65. The fourth-order valence-electron chi connectivity index (χ4n) is 2.25. The van der Waals surface area contributed by atoms with E-state index in [1.807, 2.05) is 11.6 Å². The molecule has 3 heterocycles. The second-order valence-electron chi connectivity index (χ2n) is 5.76. The van der Waals surface area contributed by atoms with Crippen molar-refractivity contribution in [3.63, 3.8) is 0 Å². The van der Waals surface area contributed by atoms with Crippen molar-refractivity contribution >= 4 is 28.4 Å². The van der Waals surface area contributed by atoms with E-state index in [0.717, 1.165) is 28.3 Å². The fourth-order valence-corrected chi connectivity index (χ4v) is 3.12. The summed E-state index contributed by atoms with van der Waals surface area (Å²) in [6.07, 6.45) is 4.00. The third kappa shape index (κ3) is 3.39. The van der Waals surface area contributed by atoms with Gasteiger partial charge in [-0.1, -0.05) is 13.8 Å². The first-order valence-corrected chi connectivity index (χ1v) is 8.42. The molecule has 0 aliphatic carbocycles. The number of pyridine rings is 1. The first kappa shape index (κ1) is 15.6. The maximum atomic E-state index is 12.2. The molecule has 6 nitrogen and oxygen atoms in total. The number of imidazole rings is 1. The number of fused-ring (bicyclic) bond motifs is 1. The van der Waals surface area contributed by atoms with Crippen molar-refractivity contribution in [2.45, 2.75) is 26.2 Å². The molecule has 1 amide bonds. The third-order valence-electron chi connectivity index (χ3n) is 3.54. The van der Waals surface area contributed by atoms with Crippen LogP contribution in [0.5, 0.6) is 0 Å². The van der Waals surface area contributed by atoms with Gasteiger partial charge in [0.2, 0.25) is 0 Å². The molecule has 0 unspecified atom stereocenters. The van der Waals surface area contributed by atoms with E-state index >= 15 is 0 Å². The Kier molecular flexibility index (Phi) is 4.38. The molecule has 3 aromatic rings. The van der Waals surface area contributed by atoms with Gasteiger partial charge in [-0.3, -0.25) is 4.79 Å². The number of amides is 1. The van der Waals surface area contributed by atoms with Crippen LogP contribution in [-0.2, 0) is 13.5 Å². The zero-order valence-corrected chi connectivity index (χ0v) is 14.2. The van der Waals surface area contributed by atoms with Crippen LogP contribution in [0.25, 0.3) is 11.2 Å². The Morgan fingerprint density at radius 3 is 2.96 bits per heavy atom. The van der Waals surface area contributed by atoms with Crippen LogP contribution >= 0.6 is 11.3 Å². The lowest BCUT2D eigenvalue weighted by molar-refractivity contribution is 0.0954. The van der Waals surface area contributed by atoms with Crippen LogP contribution in [-0.4, -0.2) is 32.0 Å². The van der Waals surface area contributed by atoms with Crippen LogP contribution in [0.1, 0.15) is 40.8 Å². The van der Waals surface area contributed by atoms with Gasteiger partial charge in [0.05, 0.1) is 22.6 Å². The molecule has 3 rings (SSSR count). The first-order chi connectivity index (χ1) is 11.0. The highest BCUT2D eigenvalue weighted by Crippen LogP contribution is 2.19. The number of hydrogen-bond donors (Lipinski definition) is 1. The van der Waals surface area contributed by atoms with Gasteiger partial charge in [0, 0.05) is 37.5 Å². The van der Waals surface area contributed by atoms with E-state index in [9.17, 15) is 4.79 Å². The van der Waals surface area contributed by atoms with E-state index in [2.05, 4.69) is 39.5 Å². The minimum Gasteiger partial charge on any atom is -0.352 e. The molecule has 23 heavy (non-hydrogen) atoms. The molecule has 0 fully saturated rings. The molecule has 0 spiro atoms. The highest BCUT2D eigenvalue weighted by Gasteiger charge is 2.10. The summed E-state index contributed by atoms with van der Waals surface area (Å²) in [7, 11) is 1.88. The number of hydrogen-bond acceptors (Lipinski definition) is 5. The zero-order chi connectivity index (χ0) is 16.4. The molecule has 7 heteroatoms. The van der Waals surface area contributed by atoms with Crippen LogP contribution in [0.3, 0.4) is 0 Å². The van der Waals surface area contributed by atoms with Gasteiger partial charge in [-0.2, -0.15) is 0 Å². The van der Waals surface area contributed by atoms with Gasteiger partial charge in [-0.15, -0.1) is 11.3 Å². The molecule has 0 bridgehead atoms. The van der Waals surface area contributed by atoms with E-state index < -0.39 is 0 Å².